The average molecular weight is 431 g/mol. The Bertz CT molecular complexity index is 1080. The number of aromatic nitrogens is 2. The van der Waals surface area contributed by atoms with Crippen LogP contribution in [0.5, 0.6) is 0 Å². The van der Waals surface area contributed by atoms with Gasteiger partial charge in [-0.15, -0.1) is 0 Å². The van der Waals surface area contributed by atoms with Gasteiger partial charge in [-0.25, -0.2) is 20.0 Å². The zero-order valence-corrected chi connectivity index (χ0v) is 17.6. The monoisotopic (exact) mass is 431 g/mol. The molecule has 1 aromatic heterocycles. The van der Waals surface area contributed by atoms with Crippen LogP contribution in [0.1, 0.15) is 12.8 Å². The maximum atomic E-state index is 12.1. The fourth-order valence-corrected chi connectivity index (χ4v) is 3.66. The number of rotatable bonds is 6. The molecule has 8 heteroatoms. The maximum absolute atomic E-state index is 12.1. The molecule has 0 bridgehead atoms. The molecule has 2 aliphatic rings. The summed E-state index contributed by atoms with van der Waals surface area (Å²) in [6.45, 7) is 2.82. The molecule has 2 aromatic carbocycles. The SMILES string of the molecule is O=C(Nc1ccc(-c2ccnc(N(c3ccccc3)N3CCOCC3)n2)cc1)C1(O)CC1. The molecule has 2 N–H and O–H groups in total. The molecule has 0 atom stereocenters. The summed E-state index contributed by atoms with van der Waals surface area (Å²) in [7, 11) is 0. The number of para-hydroxylation sites is 1. The van der Waals surface area contributed by atoms with Crippen molar-refractivity contribution in [2.24, 2.45) is 0 Å². The Morgan fingerprint density at radius 3 is 2.44 bits per heavy atom. The zero-order chi connectivity index (χ0) is 22.0. The van der Waals surface area contributed by atoms with Crippen molar-refractivity contribution in [1.82, 2.24) is 15.0 Å². The molecule has 1 aliphatic heterocycles. The van der Waals surface area contributed by atoms with Crippen LogP contribution in [0.2, 0.25) is 0 Å². The van der Waals surface area contributed by atoms with E-state index >= 15 is 0 Å². The van der Waals surface area contributed by atoms with Crippen LogP contribution in [0.15, 0.2) is 66.9 Å². The highest BCUT2D eigenvalue weighted by Crippen LogP contribution is 2.36. The van der Waals surface area contributed by atoms with E-state index in [1.165, 1.54) is 0 Å². The van der Waals surface area contributed by atoms with Crippen LogP contribution in [0.4, 0.5) is 17.3 Å². The van der Waals surface area contributed by atoms with Crippen LogP contribution in [-0.2, 0) is 9.53 Å². The van der Waals surface area contributed by atoms with Crippen molar-refractivity contribution in [3.05, 3.63) is 66.9 Å². The van der Waals surface area contributed by atoms with E-state index in [0.717, 1.165) is 30.0 Å². The fraction of sp³-hybridized carbons (Fsp3) is 0.292. The summed E-state index contributed by atoms with van der Waals surface area (Å²) >= 11 is 0. The van der Waals surface area contributed by atoms with E-state index in [1.807, 2.05) is 65.7 Å². The lowest BCUT2D eigenvalue weighted by Gasteiger charge is -2.37. The van der Waals surface area contributed by atoms with Crippen LogP contribution in [0, 0.1) is 0 Å². The molecule has 1 saturated carbocycles. The second-order valence-corrected chi connectivity index (χ2v) is 8.02. The van der Waals surface area contributed by atoms with Crippen LogP contribution in [0.25, 0.3) is 11.3 Å². The van der Waals surface area contributed by atoms with Gasteiger partial charge in [-0.1, -0.05) is 30.3 Å². The van der Waals surface area contributed by atoms with Gasteiger partial charge >= 0.3 is 0 Å². The van der Waals surface area contributed by atoms with Crippen molar-refractivity contribution < 1.29 is 14.6 Å². The van der Waals surface area contributed by atoms with Gasteiger partial charge in [0.25, 0.3) is 5.91 Å². The van der Waals surface area contributed by atoms with Crippen molar-refractivity contribution in [3.63, 3.8) is 0 Å². The standard InChI is InChI=1S/C24H25N5O3/c30-22(24(31)11-12-24)26-19-8-6-18(7-9-19)21-10-13-25-23(27-21)29(20-4-2-1-3-5-20)28-14-16-32-17-15-28/h1-10,13,31H,11-12,14-17H2,(H,26,30). The molecule has 164 valence electrons. The first-order valence-electron chi connectivity index (χ1n) is 10.8. The summed E-state index contributed by atoms with van der Waals surface area (Å²) < 4.78 is 5.52. The topological polar surface area (TPSA) is 90.8 Å². The van der Waals surface area contributed by atoms with Crippen LogP contribution in [0.3, 0.4) is 0 Å². The number of hydrazine groups is 1. The van der Waals surface area contributed by atoms with Crippen molar-refractivity contribution in [2.75, 3.05) is 36.6 Å². The minimum atomic E-state index is -1.19. The molecule has 0 unspecified atom stereocenters. The minimum absolute atomic E-state index is 0.349. The maximum Gasteiger partial charge on any atom is 0.256 e. The fourth-order valence-electron chi connectivity index (χ4n) is 3.66. The largest absolute Gasteiger partial charge is 0.380 e. The molecule has 5 rings (SSSR count). The molecular formula is C24H25N5O3. The minimum Gasteiger partial charge on any atom is -0.380 e. The first-order chi connectivity index (χ1) is 15.6. The normalized spacial score (nSPS) is 17.5. The predicted molar refractivity (Wildman–Crippen MR) is 121 cm³/mol. The summed E-state index contributed by atoms with van der Waals surface area (Å²) in [6.07, 6.45) is 2.79. The molecule has 1 amide bonds. The first-order valence-corrected chi connectivity index (χ1v) is 10.8. The van der Waals surface area contributed by atoms with Gasteiger partial charge in [0, 0.05) is 30.5 Å². The Labute approximate surface area is 186 Å². The highest BCUT2D eigenvalue weighted by atomic mass is 16.5. The van der Waals surface area contributed by atoms with E-state index in [-0.39, 0.29) is 5.91 Å². The summed E-state index contributed by atoms with van der Waals surface area (Å²) in [4.78, 5) is 21.5. The molecule has 32 heavy (non-hydrogen) atoms. The number of carbonyl (C=O) groups excluding carboxylic acids is 1. The number of nitrogens with one attached hydrogen (secondary N) is 1. The summed E-state index contributed by atoms with van der Waals surface area (Å²) in [5.74, 6) is 0.238. The molecule has 0 spiro atoms. The van der Waals surface area contributed by atoms with E-state index in [0.29, 0.717) is 37.7 Å². The lowest BCUT2D eigenvalue weighted by molar-refractivity contribution is -0.125. The number of hydrogen-bond donors (Lipinski definition) is 2. The molecule has 8 nitrogen and oxygen atoms in total. The molecule has 2 heterocycles. The smallest absolute Gasteiger partial charge is 0.256 e. The second-order valence-electron chi connectivity index (χ2n) is 8.02. The van der Waals surface area contributed by atoms with Gasteiger partial charge in [-0.05, 0) is 43.2 Å². The van der Waals surface area contributed by atoms with Crippen molar-refractivity contribution in [1.29, 1.82) is 0 Å². The highest BCUT2D eigenvalue weighted by molar-refractivity contribution is 5.99. The van der Waals surface area contributed by atoms with E-state index < -0.39 is 5.60 Å². The molecule has 2 fully saturated rings. The van der Waals surface area contributed by atoms with Gasteiger partial charge < -0.3 is 15.2 Å². The molecular weight excluding hydrogens is 406 g/mol. The number of aliphatic hydroxyl groups is 1. The van der Waals surface area contributed by atoms with E-state index in [1.54, 1.807) is 6.20 Å². The highest BCUT2D eigenvalue weighted by Gasteiger charge is 2.48. The third kappa shape index (κ3) is 4.34. The first kappa shape index (κ1) is 20.6. The Hall–Kier alpha value is -3.33. The quantitative estimate of drug-likeness (QED) is 0.620. The van der Waals surface area contributed by atoms with Gasteiger partial charge in [0.05, 0.1) is 24.6 Å². The third-order valence-corrected chi connectivity index (χ3v) is 5.69. The Balaban J connectivity index is 1.40. The van der Waals surface area contributed by atoms with Crippen LogP contribution >= 0.6 is 0 Å². The van der Waals surface area contributed by atoms with Crippen molar-refractivity contribution in [3.8, 4) is 11.3 Å². The number of ether oxygens (including phenoxy) is 1. The van der Waals surface area contributed by atoms with Crippen LogP contribution in [-0.4, -0.2) is 57.9 Å². The number of carbonyl (C=O) groups is 1. The lowest BCUT2D eigenvalue weighted by atomic mass is 10.1. The number of morpholine rings is 1. The third-order valence-electron chi connectivity index (χ3n) is 5.69. The lowest BCUT2D eigenvalue weighted by Crippen LogP contribution is -2.47. The summed E-state index contributed by atoms with van der Waals surface area (Å²) in [5.41, 5.74) is 2.13. The van der Waals surface area contributed by atoms with Gasteiger partial charge in [0.1, 0.15) is 5.60 Å². The Kier molecular flexibility index (Phi) is 5.57. The number of hydrogen-bond acceptors (Lipinski definition) is 7. The molecule has 1 saturated heterocycles. The molecule has 1 aliphatic carbocycles. The van der Waals surface area contributed by atoms with Crippen molar-refractivity contribution in [2.45, 2.75) is 18.4 Å². The van der Waals surface area contributed by atoms with Gasteiger partial charge in [-0.3, -0.25) is 4.79 Å². The number of anilines is 3. The van der Waals surface area contributed by atoms with Gasteiger partial charge in [0.15, 0.2) is 0 Å². The van der Waals surface area contributed by atoms with Gasteiger partial charge in [-0.2, -0.15) is 0 Å². The van der Waals surface area contributed by atoms with E-state index in [9.17, 15) is 9.90 Å². The van der Waals surface area contributed by atoms with Crippen LogP contribution < -0.4 is 10.3 Å². The average Bonchev–Trinajstić information content (AvgIpc) is 3.60. The predicted octanol–water partition coefficient (Wildman–Crippen LogP) is 2.99. The summed E-state index contributed by atoms with van der Waals surface area (Å²) in [6, 6.07) is 19.4. The van der Waals surface area contributed by atoms with E-state index in [2.05, 4.69) is 15.3 Å². The summed E-state index contributed by atoms with van der Waals surface area (Å²) in [5, 5.41) is 16.9. The molecule has 0 radical (unpaired) electrons. The number of nitrogens with zero attached hydrogens (tertiary/aromatic N) is 4. The zero-order valence-electron chi connectivity index (χ0n) is 17.6. The van der Waals surface area contributed by atoms with Gasteiger partial charge in [0.2, 0.25) is 5.95 Å². The number of benzene rings is 2. The Morgan fingerprint density at radius 1 is 1.03 bits per heavy atom. The molecule has 3 aromatic rings. The second kappa shape index (κ2) is 8.66. The van der Waals surface area contributed by atoms with Crippen molar-refractivity contribution >= 4 is 23.2 Å². The Morgan fingerprint density at radius 2 is 1.75 bits per heavy atom. The van der Waals surface area contributed by atoms with E-state index in [4.69, 9.17) is 9.72 Å². The number of amides is 1.